The van der Waals surface area contributed by atoms with Crippen molar-refractivity contribution in [2.75, 3.05) is 43.4 Å². The summed E-state index contributed by atoms with van der Waals surface area (Å²) in [6.07, 6.45) is 0. The Morgan fingerprint density at radius 2 is 1.96 bits per heavy atom. The molecule has 1 fully saturated rings. The van der Waals surface area contributed by atoms with E-state index in [-0.39, 0.29) is 24.4 Å². The number of aromatic nitrogens is 1. The van der Waals surface area contributed by atoms with E-state index < -0.39 is 0 Å². The molecule has 1 aliphatic rings. The van der Waals surface area contributed by atoms with Crippen molar-refractivity contribution in [3.8, 4) is 0 Å². The van der Waals surface area contributed by atoms with Crippen molar-refractivity contribution in [2.45, 2.75) is 19.9 Å². The second kappa shape index (κ2) is 9.18. The summed E-state index contributed by atoms with van der Waals surface area (Å²) in [7, 11) is 0. The fourth-order valence-electron chi connectivity index (χ4n) is 3.10. The van der Waals surface area contributed by atoms with Gasteiger partial charge >= 0.3 is 0 Å². The van der Waals surface area contributed by atoms with Crippen LogP contribution in [0.4, 0.5) is 11.5 Å². The summed E-state index contributed by atoms with van der Waals surface area (Å²) in [5.41, 5.74) is 0.683. The van der Waals surface area contributed by atoms with E-state index in [1.807, 2.05) is 13.0 Å². The van der Waals surface area contributed by atoms with Crippen molar-refractivity contribution in [1.82, 2.24) is 15.0 Å². The van der Waals surface area contributed by atoms with Gasteiger partial charge in [-0.25, -0.2) is 0 Å². The van der Waals surface area contributed by atoms with Crippen molar-refractivity contribution in [2.24, 2.45) is 0 Å². The predicted octanol–water partition coefficient (Wildman–Crippen LogP) is 2.22. The number of amides is 2. The van der Waals surface area contributed by atoms with Crippen LogP contribution in [0, 0.1) is 6.92 Å². The Bertz CT molecular complexity index is 832. The van der Waals surface area contributed by atoms with Gasteiger partial charge < -0.3 is 15.2 Å². The van der Waals surface area contributed by atoms with Crippen LogP contribution in [0.3, 0.4) is 0 Å². The van der Waals surface area contributed by atoms with Crippen LogP contribution >= 0.6 is 11.6 Å². The van der Waals surface area contributed by atoms with E-state index >= 15 is 0 Å². The van der Waals surface area contributed by atoms with Gasteiger partial charge in [0.2, 0.25) is 11.8 Å². The summed E-state index contributed by atoms with van der Waals surface area (Å²) in [4.78, 5) is 28.8. The van der Waals surface area contributed by atoms with Gasteiger partial charge in [-0.3, -0.25) is 19.4 Å². The Labute approximate surface area is 168 Å². The quantitative estimate of drug-likeness (QED) is 0.765. The zero-order valence-corrected chi connectivity index (χ0v) is 16.7. The molecule has 3 rings (SSSR count). The molecule has 1 aromatic heterocycles. The summed E-state index contributed by atoms with van der Waals surface area (Å²) in [5, 5.41) is 9.95. The van der Waals surface area contributed by atoms with E-state index in [9.17, 15) is 9.59 Å². The van der Waals surface area contributed by atoms with Crippen LogP contribution in [0.15, 0.2) is 34.9 Å². The number of nitrogens with one attached hydrogen (secondary N) is 2. The van der Waals surface area contributed by atoms with E-state index in [1.165, 1.54) is 0 Å². The minimum absolute atomic E-state index is 0.0742. The maximum Gasteiger partial charge on any atom is 0.241 e. The third-order valence-corrected chi connectivity index (χ3v) is 4.92. The van der Waals surface area contributed by atoms with Gasteiger partial charge in [0.05, 0.1) is 12.6 Å². The first-order chi connectivity index (χ1) is 13.4. The molecule has 2 aromatic rings. The van der Waals surface area contributed by atoms with Crippen molar-refractivity contribution in [1.29, 1.82) is 0 Å². The van der Waals surface area contributed by atoms with E-state index in [0.717, 1.165) is 0 Å². The Hall–Kier alpha value is -2.42. The molecule has 1 unspecified atom stereocenters. The molecule has 1 aliphatic heterocycles. The highest BCUT2D eigenvalue weighted by Crippen LogP contribution is 2.16. The van der Waals surface area contributed by atoms with Crippen LogP contribution in [-0.4, -0.2) is 65.5 Å². The van der Waals surface area contributed by atoms with Gasteiger partial charge in [-0.15, -0.1) is 0 Å². The van der Waals surface area contributed by atoms with Gasteiger partial charge in [0.15, 0.2) is 5.82 Å². The normalized spacial score (nSPS) is 16.5. The molecular weight excluding hydrogens is 382 g/mol. The molecule has 2 N–H and O–H groups in total. The molecule has 28 heavy (non-hydrogen) atoms. The lowest BCUT2D eigenvalue weighted by Gasteiger charge is -2.37. The number of halogens is 1. The summed E-state index contributed by atoms with van der Waals surface area (Å²) < 4.78 is 4.94. The van der Waals surface area contributed by atoms with Gasteiger partial charge in [-0.05, 0) is 32.0 Å². The highest BCUT2D eigenvalue weighted by atomic mass is 35.5. The van der Waals surface area contributed by atoms with Crippen LogP contribution in [-0.2, 0) is 9.59 Å². The fraction of sp³-hybridized carbons (Fsp3) is 0.421. The first-order valence-electron chi connectivity index (χ1n) is 9.17. The van der Waals surface area contributed by atoms with Gasteiger partial charge in [0, 0.05) is 43.0 Å². The Kier molecular flexibility index (Phi) is 6.66. The number of anilines is 2. The zero-order valence-electron chi connectivity index (χ0n) is 15.9. The molecular formula is C19H24ClN5O3. The lowest BCUT2D eigenvalue weighted by Crippen LogP contribution is -2.53. The minimum atomic E-state index is -0.270. The van der Waals surface area contributed by atoms with Crippen LogP contribution in [0.25, 0.3) is 0 Å². The average molecular weight is 406 g/mol. The molecule has 2 amide bonds. The number of hydrogen-bond donors (Lipinski definition) is 2. The monoisotopic (exact) mass is 405 g/mol. The molecule has 0 radical (unpaired) electrons. The SMILES string of the molecule is Cc1cc(NC(=O)CN2CCN(C(C)C(=O)Nc3cccc(Cl)c3)CC2)no1. The Morgan fingerprint density at radius 1 is 1.21 bits per heavy atom. The van der Waals surface area contributed by atoms with Gasteiger partial charge in [0.1, 0.15) is 5.76 Å². The van der Waals surface area contributed by atoms with Gasteiger partial charge in [-0.1, -0.05) is 22.8 Å². The highest BCUT2D eigenvalue weighted by molar-refractivity contribution is 6.30. The molecule has 0 spiro atoms. The third-order valence-electron chi connectivity index (χ3n) is 4.69. The van der Waals surface area contributed by atoms with E-state index in [0.29, 0.717) is 48.5 Å². The maximum atomic E-state index is 12.5. The summed E-state index contributed by atoms with van der Waals surface area (Å²) in [5.74, 6) is 0.866. The molecule has 0 saturated carbocycles. The number of nitrogens with zero attached hydrogens (tertiary/aromatic N) is 3. The molecule has 8 nitrogen and oxygen atoms in total. The molecule has 9 heteroatoms. The third kappa shape index (κ3) is 5.54. The topological polar surface area (TPSA) is 90.7 Å². The van der Waals surface area contributed by atoms with Crippen LogP contribution in [0.2, 0.25) is 5.02 Å². The second-order valence-electron chi connectivity index (χ2n) is 6.86. The van der Waals surface area contributed by atoms with Crippen LogP contribution < -0.4 is 10.6 Å². The molecule has 150 valence electrons. The molecule has 0 aliphatic carbocycles. The Balaban J connectivity index is 1.43. The van der Waals surface area contributed by atoms with Crippen molar-refractivity contribution >= 4 is 34.9 Å². The van der Waals surface area contributed by atoms with Crippen molar-refractivity contribution < 1.29 is 14.1 Å². The smallest absolute Gasteiger partial charge is 0.241 e. The number of piperazine rings is 1. The van der Waals surface area contributed by atoms with Gasteiger partial charge in [-0.2, -0.15) is 0 Å². The molecule has 1 saturated heterocycles. The predicted molar refractivity (Wildman–Crippen MR) is 107 cm³/mol. The maximum absolute atomic E-state index is 12.5. The number of carbonyl (C=O) groups is 2. The van der Waals surface area contributed by atoms with Crippen molar-refractivity contribution in [3.05, 3.63) is 41.1 Å². The molecule has 2 heterocycles. The Morgan fingerprint density at radius 3 is 2.61 bits per heavy atom. The zero-order chi connectivity index (χ0) is 20.1. The summed E-state index contributed by atoms with van der Waals surface area (Å²) >= 11 is 5.96. The van der Waals surface area contributed by atoms with Crippen LogP contribution in [0.5, 0.6) is 0 Å². The number of benzene rings is 1. The van der Waals surface area contributed by atoms with E-state index in [4.69, 9.17) is 16.1 Å². The number of rotatable bonds is 6. The molecule has 0 bridgehead atoms. The number of carbonyl (C=O) groups excluding carboxylic acids is 2. The lowest BCUT2D eigenvalue weighted by molar-refractivity contribution is -0.122. The highest BCUT2D eigenvalue weighted by Gasteiger charge is 2.26. The lowest BCUT2D eigenvalue weighted by atomic mass is 10.2. The van der Waals surface area contributed by atoms with E-state index in [2.05, 4.69) is 25.6 Å². The molecule has 1 aromatic carbocycles. The van der Waals surface area contributed by atoms with E-state index in [1.54, 1.807) is 31.2 Å². The summed E-state index contributed by atoms with van der Waals surface area (Å²) in [6, 6.07) is 8.50. The average Bonchev–Trinajstić information content (AvgIpc) is 3.06. The van der Waals surface area contributed by atoms with Crippen LogP contribution in [0.1, 0.15) is 12.7 Å². The first-order valence-corrected chi connectivity index (χ1v) is 9.54. The number of hydrogen-bond acceptors (Lipinski definition) is 6. The van der Waals surface area contributed by atoms with Gasteiger partial charge in [0.25, 0.3) is 0 Å². The largest absolute Gasteiger partial charge is 0.360 e. The first kappa shape index (κ1) is 20.3. The molecule has 1 atom stereocenters. The summed E-state index contributed by atoms with van der Waals surface area (Å²) in [6.45, 7) is 6.77. The number of aryl methyl sites for hydroxylation is 1. The van der Waals surface area contributed by atoms with Crippen molar-refractivity contribution in [3.63, 3.8) is 0 Å². The minimum Gasteiger partial charge on any atom is -0.360 e. The fourth-order valence-corrected chi connectivity index (χ4v) is 3.29. The second-order valence-corrected chi connectivity index (χ2v) is 7.30. The standard InChI is InChI=1S/C19H24ClN5O3/c1-13-10-17(23-28-13)22-18(26)12-24-6-8-25(9-7-24)14(2)19(27)21-16-5-3-4-15(20)11-16/h3-5,10-11,14H,6-9,12H2,1-2H3,(H,21,27)(H,22,23,26).